The molecule has 0 radical (unpaired) electrons. The molecule has 2 heteroatoms. The molecule has 0 aromatic heterocycles. The summed E-state index contributed by atoms with van der Waals surface area (Å²) in [4.78, 5) is 2.32. The van der Waals surface area contributed by atoms with E-state index in [0.29, 0.717) is 6.73 Å². The third-order valence-electron chi connectivity index (χ3n) is 5.33. The van der Waals surface area contributed by atoms with Gasteiger partial charge in [-0.15, -0.1) is 0 Å². The lowest BCUT2D eigenvalue weighted by Crippen LogP contribution is -2.32. The van der Waals surface area contributed by atoms with E-state index < -0.39 is 0 Å². The minimum atomic E-state index is 0.0719. The van der Waals surface area contributed by atoms with Crippen molar-refractivity contribution in [2.45, 2.75) is 31.6 Å². The summed E-state index contributed by atoms with van der Waals surface area (Å²) in [7, 11) is 0. The van der Waals surface area contributed by atoms with Crippen LogP contribution in [0.1, 0.15) is 31.7 Å². The van der Waals surface area contributed by atoms with Crippen molar-refractivity contribution >= 4 is 5.69 Å². The maximum atomic E-state index is 5.88. The number of para-hydroxylation sites is 1. The van der Waals surface area contributed by atoms with Gasteiger partial charge in [-0.25, -0.2) is 0 Å². The van der Waals surface area contributed by atoms with E-state index in [-0.39, 0.29) is 5.41 Å². The zero-order chi connectivity index (χ0) is 17.1. The molecule has 25 heavy (non-hydrogen) atoms. The van der Waals surface area contributed by atoms with E-state index in [1.807, 2.05) is 0 Å². The van der Waals surface area contributed by atoms with E-state index in [1.165, 1.54) is 16.9 Å². The number of benzene rings is 2. The first-order chi connectivity index (χ1) is 12.3. The van der Waals surface area contributed by atoms with Crippen LogP contribution in [-0.4, -0.2) is 13.3 Å². The van der Waals surface area contributed by atoms with E-state index in [9.17, 15) is 0 Å². The Kier molecular flexibility index (Phi) is 4.46. The van der Waals surface area contributed by atoms with Crippen LogP contribution < -0.4 is 4.90 Å². The fourth-order valence-electron chi connectivity index (χ4n) is 3.92. The summed E-state index contributed by atoms with van der Waals surface area (Å²) in [6.07, 6.45) is 7.96. The van der Waals surface area contributed by atoms with Crippen LogP contribution in [0.4, 0.5) is 5.69 Å². The van der Waals surface area contributed by atoms with Crippen molar-refractivity contribution < 1.29 is 4.74 Å². The highest BCUT2D eigenvalue weighted by atomic mass is 16.5. The smallest absolute Gasteiger partial charge is 0.123 e. The first-order valence-corrected chi connectivity index (χ1v) is 9.13. The van der Waals surface area contributed by atoms with Crippen molar-refractivity contribution in [3.05, 3.63) is 89.6 Å². The number of ether oxygens (including phenoxy) is 1. The van der Waals surface area contributed by atoms with Crippen molar-refractivity contribution in [2.75, 3.05) is 18.2 Å². The van der Waals surface area contributed by atoms with Crippen LogP contribution in [-0.2, 0) is 10.2 Å². The lowest BCUT2D eigenvalue weighted by atomic mass is 9.73. The highest BCUT2D eigenvalue weighted by Crippen LogP contribution is 2.41. The van der Waals surface area contributed by atoms with Gasteiger partial charge in [0.05, 0.1) is 0 Å². The van der Waals surface area contributed by atoms with Crippen LogP contribution in [0, 0.1) is 0 Å². The maximum absolute atomic E-state index is 5.88. The van der Waals surface area contributed by atoms with Crippen molar-refractivity contribution in [2.24, 2.45) is 0 Å². The molecule has 2 aromatic rings. The number of rotatable bonds is 2. The summed E-state index contributed by atoms with van der Waals surface area (Å²) < 4.78 is 5.88. The molecular weight excluding hydrogens is 306 g/mol. The van der Waals surface area contributed by atoms with Gasteiger partial charge in [-0.3, -0.25) is 0 Å². The Bertz CT molecular complexity index is 778. The SMILES string of the molecule is CC1(c2ccccc2)C=CC2=C(CCCOCN2c2ccccc2)C1. The summed E-state index contributed by atoms with van der Waals surface area (Å²) in [6.45, 7) is 3.80. The van der Waals surface area contributed by atoms with E-state index in [0.717, 1.165) is 25.9 Å². The Balaban J connectivity index is 1.71. The van der Waals surface area contributed by atoms with E-state index in [2.05, 4.69) is 84.6 Å². The monoisotopic (exact) mass is 331 g/mol. The maximum Gasteiger partial charge on any atom is 0.123 e. The molecular formula is C23H25NO. The summed E-state index contributed by atoms with van der Waals surface area (Å²) in [5, 5.41) is 0. The molecule has 0 amide bonds. The summed E-state index contributed by atoms with van der Waals surface area (Å²) in [5.74, 6) is 0. The number of hydrogen-bond acceptors (Lipinski definition) is 2. The topological polar surface area (TPSA) is 12.5 Å². The van der Waals surface area contributed by atoms with Crippen LogP contribution >= 0.6 is 0 Å². The Hall–Kier alpha value is -2.32. The third kappa shape index (κ3) is 3.27. The number of anilines is 1. The standard InChI is InChI=1S/C23H25NO/c1-23(20-10-4-2-5-11-20)15-14-22-19(17-23)9-8-16-25-18-24(22)21-12-6-3-7-13-21/h2-7,10-15H,8-9,16-18H2,1H3. The molecule has 1 aliphatic carbocycles. The van der Waals surface area contributed by atoms with Gasteiger partial charge in [-0.1, -0.05) is 61.5 Å². The molecule has 1 unspecified atom stereocenters. The van der Waals surface area contributed by atoms with Gasteiger partial charge >= 0.3 is 0 Å². The van der Waals surface area contributed by atoms with Gasteiger partial charge in [0.2, 0.25) is 0 Å². The zero-order valence-corrected chi connectivity index (χ0v) is 14.8. The quantitative estimate of drug-likeness (QED) is 0.727. The van der Waals surface area contributed by atoms with Crippen molar-refractivity contribution in [3.8, 4) is 0 Å². The summed E-state index contributed by atoms with van der Waals surface area (Å²) in [6, 6.07) is 21.4. The number of nitrogens with zero attached hydrogens (tertiary/aromatic N) is 1. The minimum Gasteiger partial charge on any atom is -0.361 e. The Morgan fingerprint density at radius 3 is 2.44 bits per heavy atom. The molecule has 0 bridgehead atoms. The Morgan fingerprint density at radius 2 is 1.68 bits per heavy atom. The van der Waals surface area contributed by atoms with Crippen LogP contribution in [0.2, 0.25) is 0 Å². The zero-order valence-electron chi connectivity index (χ0n) is 14.8. The van der Waals surface area contributed by atoms with Gasteiger partial charge in [0, 0.05) is 23.4 Å². The summed E-state index contributed by atoms with van der Waals surface area (Å²) >= 11 is 0. The highest BCUT2D eigenvalue weighted by molar-refractivity contribution is 5.57. The lowest BCUT2D eigenvalue weighted by Gasteiger charge is -2.37. The minimum absolute atomic E-state index is 0.0719. The van der Waals surface area contributed by atoms with Gasteiger partial charge in [-0.2, -0.15) is 0 Å². The Labute approximate surface area is 150 Å². The van der Waals surface area contributed by atoms with E-state index >= 15 is 0 Å². The molecule has 0 N–H and O–H groups in total. The van der Waals surface area contributed by atoms with Crippen molar-refractivity contribution in [3.63, 3.8) is 0 Å². The first-order valence-electron chi connectivity index (χ1n) is 9.13. The van der Waals surface area contributed by atoms with Crippen LogP contribution in [0.5, 0.6) is 0 Å². The first kappa shape index (κ1) is 16.2. The molecule has 0 fully saturated rings. The van der Waals surface area contributed by atoms with Crippen LogP contribution in [0.3, 0.4) is 0 Å². The number of allylic oxidation sites excluding steroid dienone is 3. The summed E-state index contributed by atoms with van der Waals surface area (Å²) in [5.41, 5.74) is 5.52. The molecule has 0 spiro atoms. The van der Waals surface area contributed by atoms with E-state index in [4.69, 9.17) is 4.74 Å². The average Bonchev–Trinajstić information content (AvgIpc) is 2.65. The second-order valence-corrected chi connectivity index (χ2v) is 7.19. The molecule has 1 heterocycles. The third-order valence-corrected chi connectivity index (χ3v) is 5.33. The second-order valence-electron chi connectivity index (χ2n) is 7.19. The largest absolute Gasteiger partial charge is 0.361 e. The van der Waals surface area contributed by atoms with Gasteiger partial charge in [0.15, 0.2) is 0 Å². The molecule has 0 saturated heterocycles. The van der Waals surface area contributed by atoms with Gasteiger partial charge < -0.3 is 9.64 Å². The predicted molar refractivity (Wildman–Crippen MR) is 104 cm³/mol. The van der Waals surface area contributed by atoms with Crippen molar-refractivity contribution in [1.29, 1.82) is 0 Å². The molecule has 1 atom stereocenters. The molecule has 2 aliphatic rings. The molecule has 4 rings (SSSR count). The van der Waals surface area contributed by atoms with Crippen molar-refractivity contribution in [1.82, 2.24) is 0 Å². The fourth-order valence-corrected chi connectivity index (χ4v) is 3.92. The fraction of sp³-hybridized carbons (Fsp3) is 0.304. The molecule has 128 valence electrons. The van der Waals surface area contributed by atoms with Crippen LogP contribution in [0.25, 0.3) is 0 Å². The van der Waals surface area contributed by atoms with E-state index in [1.54, 1.807) is 5.57 Å². The molecule has 2 aromatic carbocycles. The van der Waals surface area contributed by atoms with Gasteiger partial charge in [0.1, 0.15) is 6.73 Å². The predicted octanol–water partition coefficient (Wildman–Crippen LogP) is 5.43. The highest BCUT2D eigenvalue weighted by Gasteiger charge is 2.31. The van der Waals surface area contributed by atoms with Gasteiger partial charge in [-0.05, 0) is 48.6 Å². The second kappa shape index (κ2) is 6.89. The molecule has 0 saturated carbocycles. The molecule has 1 aliphatic heterocycles. The van der Waals surface area contributed by atoms with Gasteiger partial charge in [0.25, 0.3) is 0 Å². The molecule has 2 nitrogen and oxygen atoms in total. The van der Waals surface area contributed by atoms with Crippen LogP contribution in [0.15, 0.2) is 84.1 Å². The lowest BCUT2D eigenvalue weighted by molar-refractivity contribution is 0.132. The number of hydrogen-bond donors (Lipinski definition) is 0. The Morgan fingerprint density at radius 1 is 0.960 bits per heavy atom. The average molecular weight is 331 g/mol. The normalized spacial score (nSPS) is 23.8.